The van der Waals surface area contributed by atoms with E-state index in [0.29, 0.717) is 45.4 Å². The van der Waals surface area contributed by atoms with E-state index in [4.69, 9.17) is 28.2 Å². The van der Waals surface area contributed by atoms with Crippen molar-refractivity contribution < 1.29 is 14.7 Å². The Morgan fingerprint density at radius 2 is 1.94 bits per heavy atom. The molecular formula is C24H24Cl2N2O3. The average Bonchev–Trinajstić information content (AvgIpc) is 2.80. The summed E-state index contributed by atoms with van der Waals surface area (Å²) < 4.78 is 0. The van der Waals surface area contributed by atoms with Crippen molar-refractivity contribution in [3.63, 3.8) is 0 Å². The number of ketones is 1. The zero-order valence-electron chi connectivity index (χ0n) is 17.7. The number of aliphatic hydroxyl groups is 1. The zero-order chi connectivity index (χ0) is 22.5. The number of carbonyl (C=O) groups excluding carboxylic acids is 2. The van der Waals surface area contributed by atoms with Crippen molar-refractivity contribution in [2.75, 3.05) is 4.90 Å². The van der Waals surface area contributed by atoms with Crippen LogP contribution in [0.2, 0.25) is 10.0 Å². The first-order valence-corrected chi connectivity index (χ1v) is 11.0. The van der Waals surface area contributed by atoms with Gasteiger partial charge in [-0.3, -0.25) is 14.6 Å². The molecular weight excluding hydrogens is 435 g/mol. The minimum Gasteiger partial charge on any atom is -0.392 e. The molecule has 1 aliphatic heterocycles. The number of anilines is 1. The molecule has 1 N–H and O–H groups in total. The van der Waals surface area contributed by atoms with E-state index in [1.807, 2.05) is 13.8 Å². The third-order valence-corrected chi connectivity index (χ3v) is 6.54. The molecule has 1 saturated carbocycles. The van der Waals surface area contributed by atoms with Crippen LogP contribution < -0.4 is 4.90 Å². The first kappa shape index (κ1) is 22.0. The van der Waals surface area contributed by atoms with Crippen molar-refractivity contribution >= 4 is 52.0 Å². The summed E-state index contributed by atoms with van der Waals surface area (Å²) in [6.45, 7) is 5.43. The lowest BCUT2D eigenvalue weighted by molar-refractivity contribution is -0.124. The average molecular weight is 459 g/mol. The summed E-state index contributed by atoms with van der Waals surface area (Å²) in [5, 5.41) is 10.5. The summed E-state index contributed by atoms with van der Waals surface area (Å²) in [5.74, 6) is -0.795. The number of aliphatic hydroxyl groups excluding tert-OH is 1. The summed E-state index contributed by atoms with van der Waals surface area (Å²) in [4.78, 5) is 33.0. The Kier molecular flexibility index (Phi) is 5.71. The second kappa shape index (κ2) is 8.05. The molecule has 0 spiro atoms. The van der Waals surface area contributed by atoms with Crippen LogP contribution in [-0.2, 0) is 16.2 Å². The van der Waals surface area contributed by atoms with Gasteiger partial charge in [0, 0.05) is 29.1 Å². The van der Waals surface area contributed by atoms with Gasteiger partial charge in [0.1, 0.15) is 5.78 Å². The van der Waals surface area contributed by atoms with Crippen LogP contribution in [0.25, 0.3) is 0 Å². The largest absolute Gasteiger partial charge is 0.392 e. The molecule has 2 unspecified atom stereocenters. The Morgan fingerprint density at radius 3 is 2.58 bits per heavy atom. The number of hydrogen-bond donors (Lipinski definition) is 1. The van der Waals surface area contributed by atoms with Gasteiger partial charge in [-0.25, -0.2) is 0 Å². The molecule has 0 radical (unpaired) electrons. The normalized spacial score (nSPS) is 22.3. The third kappa shape index (κ3) is 4.02. The maximum Gasteiger partial charge on any atom is 0.224 e. The molecule has 2 aromatic carbocycles. The van der Waals surface area contributed by atoms with E-state index < -0.39 is 12.0 Å². The topological polar surface area (TPSA) is 70.0 Å². The van der Waals surface area contributed by atoms with Crippen LogP contribution in [0.3, 0.4) is 0 Å². The van der Waals surface area contributed by atoms with Gasteiger partial charge in [0.15, 0.2) is 0 Å². The van der Waals surface area contributed by atoms with Crippen LogP contribution in [-0.4, -0.2) is 22.5 Å². The number of carbonyl (C=O) groups is 2. The van der Waals surface area contributed by atoms with Crippen molar-refractivity contribution in [2.24, 2.45) is 16.3 Å². The number of fused-ring (bicyclic) bond motifs is 2. The summed E-state index contributed by atoms with van der Waals surface area (Å²) in [7, 11) is 0. The van der Waals surface area contributed by atoms with E-state index in [-0.39, 0.29) is 23.7 Å². The molecule has 1 amide bonds. The van der Waals surface area contributed by atoms with E-state index in [1.54, 1.807) is 41.3 Å². The molecule has 1 heterocycles. The predicted molar refractivity (Wildman–Crippen MR) is 123 cm³/mol. The van der Waals surface area contributed by atoms with Crippen LogP contribution in [0.1, 0.15) is 50.8 Å². The Balaban J connectivity index is 2.02. The first-order chi connectivity index (χ1) is 14.6. The van der Waals surface area contributed by atoms with Crippen molar-refractivity contribution in [3.05, 3.63) is 57.6 Å². The van der Waals surface area contributed by atoms with Gasteiger partial charge in [0.25, 0.3) is 0 Å². The molecule has 1 fully saturated rings. The Hall–Kier alpha value is -2.21. The third-order valence-electron chi connectivity index (χ3n) is 5.98. The summed E-state index contributed by atoms with van der Waals surface area (Å²) in [6, 6.07) is 9.80. The molecule has 162 valence electrons. The fraction of sp³-hybridized carbons (Fsp3) is 0.375. The van der Waals surface area contributed by atoms with E-state index in [0.717, 1.165) is 5.71 Å². The predicted octanol–water partition coefficient (Wildman–Crippen LogP) is 5.67. The maximum atomic E-state index is 13.5. The first-order valence-electron chi connectivity index (χ1n) is 10.2. The molecule has 2 aliphatic rings. The van der Waals surface area contributed by atoms with Crippen LogP contribution in [0.15, 0.2) is 41.4 Å². The van der Waals surface area contributed by atoms with Crippen LogP contribution in [0.4, 0.5) is 11.4 Å². The number of halogens is 2. The minimum atomic E-state index is -0.633. The standard InChI is InChI=1S/C24H24Cl2N2O3/c1-13(30)28-20-7-4-14(12-29)8-18(20)27-19-10-24(2,3)11-21(31)22(19)23(28)16-6-5-15(25)9-17(16)26/h4-9,22-23,29H,10-12H2,1-3H3. The lowest BCUT2D eigenvalue weighted by atomic mass is 9.68. The number of Topliss-reactive ketones (excluding diaryl/α,β-unsaturated/α-hetero) is 1. The van der Waals surface area contributed by atoms with Gasteiger partial charge in [-0.15, -0.1) is 0 Å². The van der Waals surface area contributed by atoms with Crippen LogP contribution >= 0.6 is 23.2 Å². The summed E-state index contributed by atoms with van der Waals surface area (Å²) >= 11 is 12.7. The van der Waals surface area contributed by atoms with Gasteiger partial charge < -0.3 is 10.0 Å². The molecule has 5 nitrogen and oxygen atoms in total. The molecule has 31 heavy (non-hydrogen) atoms. The van der Waals surface area contributed by atoms with Gasteiger partial charge in [-0.1, -0.05) is 49.2 Å². The second-order valence-electron chi connectivity index (χ2n) is 9.05. The summed E-state index contributed by atoms with van der Waals surface area (Å²) in [5.41, 5.74) is 3.00. The Morgan fingerprint density at radius 1 is 1.19 bits per heavy atom. The van der Waals surface area contributed by atoms with E-state index in [9.17, 15) is 14.7 Å². The monoisotopic (exact) mass is 458 g/mol. The Bertz CT molecular complexity index is 1110. The second-order valence-corrected chi connectivity index (χ2v) is 9.89. The number of benzene rings is 2. The zero-order valence-corrected chi connectivity index (χ0v) is 19.2. The smallest absolute Gasteiger partial charge is 0.224 e. The van der Waals surface area contributed by atoms with Gasteiger partial charge in [0.05, 0.1) is 29.9 Å². The maximum absolute atomic E-state index is 13.5. The number of rotatable bonds is 2. The Labute approximate surface area is 191 Å². The highest BCUT2D eigenvalue weighted by Gasteiger charge is 2.47. The van der Waals surface area contributed by atoms with Gasteiger partial charge in [-0.05, 0) is 47.2 Å². The van der Waals surface area contributed by atoms with Crippen LogP contribution in [0, 0.1) is 11.3 Å². The number of amides is 1. The fourth-order valence-corrected chi connectivity index (χ4v) is 5.26. The van der Waals surface area contributed by atoms with Gasteiger partial charge in [-0.2, -0.15) is 0 Å². The number of nitrogens with zero attached hydrogens (tertiary/aromatic N) is 2. The summed E-state index contributed by atoms with van der Waals surface area (Å²) in [6.07, 6.45) is 1.02. The molecule has 0 bridgehead atoms. The van der Waals surface area contributed by atoms with Crippen molar-refractivity contribution in [1.29, 1.82) is 0 Å². The van der Waals surface area contributed by atoms with Gasteiger partial charge in [0.2, 0.25) is 5.91 Å². The number of hydrogen-bond acceptors (Lipinski definition) is 4. The molecule has 1 aliphatic carbocycles. The number of aliphatic imine (C=N–C) groups is 1. The molecule has 7 heteroatoms. The lowest BCUT2D eigenvalue weighted by Gasteiger charge is -2.41. The molecule has 0 aromatic heterocycles. The quantitative estimate of drug-likeness (QED) is 0.629. The highest BCUT2D eigenvalue weighted by molar-refractivity contribution is 6.35. The highest BCUT2D eigenvalue weighted by Crippen LogP contribution is 2.49. The molecule has 4 rings (SSSR count). The van der Waals surface area contributed by atoms with Gasteiger partial charge >= 0.3 is 0 Å². The van der Waals surface area contributed by atoms with E-state index >= 15 is 0 Å². The van der Waals surface area contributed by atoms with Crippen molar-refractivity contribution in [2.45, 2.75) is 46.3 Å². The lowest BCUT2D eigenvalue weighted by Crippen LogP contribution is -2.47. The van der Waals surface area contributed by atoms with E-state index in [1.165, 1.54) is 6.92 Å². The fourth-order valence-electron chi connectivity index (χ4n) is 4.74. The van der Waals surface area contributed by atoms with Crippen LogP contribution in [0.5, 0.6) is 0 Å². The molecule has 0 saturated heterocycles. The highest BCUT2D eigenvalue weighted by atomic mass is 35.5. The van der Waals surface area contributed by atoms with Crippen molar-refractivity contribution in [3.8, 4) is 0 Å². The SMILES string of the molecule is CC(=O)N1c2ccc(CO)cc2N=C2CC(C)(C)CC(=O)C2C1c1ccc(Cl)cc1Cl. The minimum absolute atomic E-state index is 0.0347. The van der Waals surface area contributed by atoms with E-state index in [2.05, 4.69) is 0 Å². The molecule has 2 aromatic rings. The molecule has 2 atom stereocenters. The van der Waals surface area contributed by atoms with Crippen molar-refractivity contribution in [1.82, 2.24) is 0 Å².